The number of benzene rings is 2. The van der Waals surface area contributed by atoms with Crippen LogP contribution in [0.3, 0.4) is 0 Å². The molecular weight excluding hydrogens is 496 g/mol. The summed E-state index contributed by atoms with van der Waals surface area (Å²) in [6, 6.07) is 12.7. The quantitative estimate of drug-likeness (QED) is 0.123. The lowest BCUT2D eigenvalue weighted by atomic mass is 10.1. The number of pyridine rings is 2. The first kappa shape index (κ1) is 24.4. The Bertz CT molecular complexity index is 1510. The van der Waals surface area contributed by atoms with E-state index in [-0.39, 0.29) is 39.0 Å². The summed E-state index contributed by atoms with van der Waals surface area (Å²) in [6.07, 6.45) is 2.10. The number of nitro groups is 1. The highest BCUT2D eigenvalue weighted by molar-refractivity contribution is 7.86. The Morgan fingerprint density at radius 1 is 0.861 bits per heavy atom. The Kier molecular flexibility index (Phi) is 6.66. The topological polar surface area (TPSA) is 221 Å². The molecule has 0 aliphatic carbocycles. The fraction of sp³-hybridized carbons (Fsp3) is 0. The summed E-state index contributed by atoms with van der Waals surface area (Å²) in [4.78, 5) is 17.7. The molecule has 36 heavy (non-hydrogen) atoms. The monoisotopic (exact) mass is 512 g/mol. The molecule has 0 amide bonds. The molecule has 4 aromatic rings. The van der Waals surface area contributed by atoms with Crippen molar-refractivity contribution >= 4 is 55.3 Å². The van der Waals surface area contributed by atoms with E-state index in [1.165, 1.54) is 36.4 Å². The molecule has 16 heteroatoms. The summed E-state index contributed by atoms with van der Waals surface area (Å²) in [6.45, 7) is 0. The SMILES string of the molecule is O=[N+]([O-])c1ccc(NNc2c(NNc3ccc(N([O-])[O-])cn3)cc(S(=O)(=O)O)c3ccccc23)nc1. The van der Waals surface area contributed by atoms with Gasteiger partial charge in [0.25, 0.3) is 15.8 Å². The van der Waals surface area contributed by atoms with E-state index in [0.717, 1.165) is 12.4 Å². The number of aromatic nitrogens is 2. The second kappa shape index (κ2) is 9.84. The standard InChI is InChI=1S/C20H16N8O7S/c29-27(30)12-5-7-18(21-10-12)24-23-16-9-17(36(33,34)35)14-3-1-2-4-15(14)20(16)26-25-19-8-6-13(11-22-19)28(31)32/h1-11,23,26H,(H,21,24)(H,22,25)(H,33,34,35)/q-2. The number of nitrogens with zero attached hydrogens (tertiary/aromatic N) is 4. The van der Waals surface area contributed by atoms with Crippen molar-refractivity contribution in [3.8, 4) is 0 Å². The van der Waals surface area contributed by atoms with Crippen LogP contribution in [0.25, 0.3) is 10.8 Å². The number of hydrogen-bond acceptors (Lipinski definition) is 13. The number of hydrazine groups is 2. The predicted octanol–water partition coefficient (Wildman–Crippen LogP) is 3.46. The molecule has 0 atom stereocenters. The molecule has 5 N–H and O–H groups in total. The minimum Gasteiger partial charge on any atom is -0.769 e. The van der Waals surface area contributed by atoms with Gasteiger partial charge in [-0.15, -0.1) is 0 Å². The van der Waals surface area contributed by atoms with E-state index in [2.05, 4.69) is 31.7 Å². The average Bonchev–Trinajstić information content (AvgIpc) is 2.85. The van der Waals surface area contributed by atoms with Crippen LogP contribution in [0, 0.1) is 20.5 Å². The van der Waals surface area contributed by atoms with Gasteiger partial charge in [-0.2, -0.15) is 8.42 Å². The van der Waals surface area contributed by atoms with Crippen LogP contribution < -0.4 is 26.9 Å². The molecule has 2 aromatic heterocycles. The van der Waals surface area contributed by atoms with Gasteiger partial charge in [-0.3, -0.25) is 36.4 Å². The normalized spacial score (nSPS) is 11.1. The van der Waals surface area contributed by atoms with Crippen LogP contribution in [0.2, 0.25) is 0 Å². The van der Waals surface area contributed by atoms with Gasteiger partial charge in [-0.1, -0.05) is 24.3 Å². The zero-order valence-corrected chi connectivity index (χ0v) is 18.8. The first-order chi connectivity index (χ1) is 17.1. The fourth-order valence-electron chi connectivity index (χ4n) is 3.18. The van der Waals surface area contributed by atoms with Gasteiger partial charge in [0, 0.05) is 22.5 Å². The third-order valence-electron chi connectivity index (χ3n) is 4.84. The highest BCUT2D eigenvalue weighted by Crippen LogP contribution is 2.36. The molecule has 0 aliphatic rings. The molecule has 186 valence electrons. The summed E-state index contributed by atoms with van der Waals surface area (Å²) in [5.74, 6) is 0.401. The van der Waals surface area contributed by atoms with Crippen molar-refractivity contribution in [1.82, 2.24) is 9.97 Å². The van der Waals surface area contributed by atoms with Crippen LogP contribution in [0.4, 0.5) is 34.4 Å². The largest absolute Gasteiger partial charge is 0.769 e. The van der Waals surface area contributed by atoms with Crippen molar-refractivity contribution in [2.24, 2.45) is 0 Å². The number of hydrogen-bond donors (Lipinski definition) is 5. The summed E-state index contributed by atoms with van der Waals surface area (Å²) in [7, 11) is -4.63. The van der Waals surface area contributed by atoms with Gasteiger partial charge in [-0.25, -0.2) is 9.97 Å². The number of fused-ring (bicyclic) bond motifs is 1. The van der Waals surface area contributed by atoms with E-state index in [1.807, 2.05) is 0 Å². The maximum Gasteiger partial charge on any atom is 0.295 e. The molecule has 0 bridgehead atoms. The van der Waals surface area contributed by atoms with Crippen LogP contribution in [0.15, 0.2) is 71.9 Å². The lowest BCUT2D eigenvalue weighted by Gasteiger charge is -2.36. The van der Waals surface area contributed by atoms with Gasteiger partial charge in [0.05, 0.1) is 22.5 Å². The third kappa shape index (κ3) is 5.31. The van der Waals surface area contributed by atoms with Crippen molar-refractivity contribution < 1.29 is 17.9 Å². The summed E-state index contributed by atoms with van der Waals surface area (Å²) < 4.78 is 34.0. The minimum atomic E-state index is -4.63. The van der Waals surface area contributed by atoms with Crippen LogP contribution in [-0.4, -0.2) is 27.9 Å². The zero-order valence-electron chi connectivity index (χ0n) is 17.9. The van der Waals surface area contributed by atoms with Gasteiger partial charge < -0.3 is 15.6 Å². The molecule has 2 heterocycles. The molecule has 15 nitrogen and oxygen atoms in total. The Hall–Kier alpha value is -4.77. The van der Waals surface area contributed by atoms with Gasteiger partial charge in [0.2, 0.25) is 0 Å². The maximum absolute atomic E-state index is 12.1. The first-order valence-corrected chi connectivity index (χ1v) is 11.4. The second-order valence-corrected chi connectivity index (χ2v) is 8.53. The Morgan fingerprint density at radius 3 is 2.06 bits per heavy atom. The van der Waals surface area contributed by atoms with Crippen LogP contribution >= 0.6 is 0 Å². The van der Waals surface area contributed by atoms with E-state index >= 15 is 0 Å². The predicted molar refractivity (Wildman–Crippen MR) is 133 cm³/mol. The highest BCUT2D eigenvalue weighted by Gasteiger charge is 2.20. The Balaban J connectivity index is 1.70. The fourth-order valence-corrected chi connectivity index (χ4v) is 3.91. The van der Waals surface area contributed by atoms with Crippen molar-refractivity contribution in [1.29, 1.82) is 0 Å². The van der Waals surface area contributed by atoms with Crippen molar-refractivity contribution in [3.05, 3.63) is 87.5 Å². The van der Waals surface area contributed by atoms with Gasteiger partial charge in [-0.05, 0) is 24.3 Å². The Labute approximate surface area is 202 Å². The van der Waals surface area contributed by atoms with Crippen molar-refractivity contribution in [3.63, 3.8) is 0 Å². The first-order valence-electron chi connectivity index (χ1n) is 9.91. The average molecular weight is 512 g/mol. The lowest BCUT2D eigenvalue weighted by Crippen LogP contribution is -2.17. The van der Waals surface area contributed by atoms with Gasteiger partial charge >= 0.3 is 0 Å². The maximum atomic E-state index is 12.1. The van der Waals surface area contributed by atoms with E-state index in [1.54, 1.807) is 18.2 Å². The van der Waals surface area contributed by atoms with E-state index in [9.17, 15) is 33.5 Å². The molecule has 4 rings (SSSR count). The van der Waals surface area contributed by atoms with E-state index in [4.69, 9.17) is 0 Å². The zero-order chi connectivity index (χ0) is 25.9. The van der Waals surface area contributed by atoms with Gasteiger partial charge in [0.1, 0.15) is 22.7 Å². The van der Waals surface area contributed by atoms with Crippen LogP contribution in [-0.2, 0) is 10.1 Å². The molecule has 0 spiro atoms. The highest BCUT2D eigenvalue weighted by atomic mass is 32.2. The number of nitrogens with one attached hydrogen (secondary N) is 4. The molecule has 0 radical (unpaired) electrons. The minimum absolute atomic E-state index is 0.135. The summed E-state index contributed by atoms with van der Waals surface area (Å²) in [5, 5.41) is 32.5. The molecule has 0 saturated heterocycles. The van der Waals surface area contributed by atoms with Gasteiger partial charge in [0.15, 0.2) is 0 Å². The molecule has 0 saturated carbocycles. The molecule has 0 aliphatic heterocycles. The smallest absolute Gasteiger partial charge is 0.295 e. The van der Waals surface area contributed by atoms with Crippen molar-refractivity contribution in [2.45, 2.75) is 4.90 Å². The van der Waals surface area contributed by atoms with Crippen LogP contribution in [0.5, 0.6) is 0 Å². The van der Waals surface area contributed by atoms with E-state index < -0.39 is 20.3 Å². The molecule has 0 unspecified atom stereocenters. The molecule has 2 aromatic carbocycles. The molecular formula is C20H16N8O7S-2. The third-order valence-corrected chi connectivity index (χ3v) is 5.74. The summed E-state index contributed by atoms with van der Waals surface area (Å²) >= 11 is 0. The molecule has 0 fully saturated rings. The number of anilines is 5. The second-order valence-electron chi connectivity index (χ2n) is 7.14. The van der Waals surface area contributed by atoms with Crippen molar-refractivity contribution in [2.75, 3.05) is 26.9 Å². The van der Waals surface area contributed by atoms with Crippen LogP contribution in [0.1, 0.15) is 0 Å². The Morgan fingerprint density at radius 2 is 1.50 bits per heavy atom. The van der Waals surface area contributed by atoms with E-state index in [0.29, 0.717) is 11.1 Å². The summed E-state index contributed by atoms with van der Waals surface area (Å²) in [5.41, 5.74) is 11.2. The lowest BCUT2D eigenvalue weighted by molar-refractivity contribution is -0.385. The number of rotatable bonds is 9.